The molecule has 104 valence electrons. The highest BCUT2D eigenvalue weighted by Gasteiger charge is 2.27. The van der Waals surface area contributed by atoms with E-state index in [0.717, 1.165) is 32.6 Å². The fourth-order valence-electron chi connectivity index (χ4n) is 2.21. The molecule has 1 saturated heterocycles. The van der Waals surface area contributed by atoms with E-state index in [0.29, 0.717) is 5.82 Å². The lowest BCUT2D eigenvalue weighted by atomic mass is 10.3. The van der Waals surface area contributed by atoms with E-state index in [1.54, 1.807) is 7.05 Å². The molecule has 0 spiro atoms. The first-order valence-electron chi connectivity index (χ1n) is 6.24. The third-order valence-electron chi connectivity index (χ3n) is 3.24. The van der Waals surface area contributed by atoms with Crippen molar-refractivity contribution in [2.75, 3.05) is 50.5 Å². The number of nitro groups is 1. The maximum Gasteiger partial charge on any atom is 0.353 e. The summed E-state index contributed by atoms with van der Waals surface area (Å²) in [5.41, 5.74) is -0.0467. The summed E-state index contributed by atoms with van der Waals surface area (Å²) in [6.45, 7) is 3.37. The topological polar surface area (TPSA) is 87.4 Å². The van der Waals surface area contributed by atoms with E-state index >= 15 is 0 Å². The van der Waals surface area contributed by atoms with Crippen LogP contribution in [0.25, 0.3) is 0 Å². The standard InChI is InChI=1S/C11H18N6O2/c1-12-10-9(17(18)19)11(14-8-13-10)16-5-3-4-15(2)6-7-16/h8H,3-7H2,1-2H3,(H,12,13,14). The average molecular weight is 266 g/mol. The fraction of sp³-hybridized carbons (Fsp3) is 0.636. The number of rotatable bonds is 3. The molecule has 1 N–H and O–H groups in total. The second-order valence-corrected chi connectivity index (χ2v) is 4.55. The molecule has 0 atom stereocenters. The number of likely N-dealkylation sites (N-methyl/N-ethyl adjacent to an activating group) is 1. The second-order valence-electron chi connectivity index (χ2n) is 4.55. The summed E-state index contributed by atoms with van der Waals surface area (Å²) in [5.74, 6) is 0.659. The third-order valence-corrected chi connectivity index (χ3v) is 3.24. The lowest BCUT2D eigenvalue weighted by molar-refractivity contribution is -0.383. The van der Waals surface area contributed by atoms with Crippen molar-refractivity contribution in [2.45, 2.75) is 6.42 Å². The van der Waals surface area contributed by atoms with Crippen LogP contribution in [0.2, 0.25) is 0 Å². The van der Waals surface area contributed by atoms with Crippen LogP contribution in [0.3, 0.4) is 0 Å². The van der Waals surface area contributed by atoms with Crippen molar-refractivity contribution in [3.05, 3.63) is 16.4 Å². The molecule has 1 aromatic heterocycles. The summed E-state index contributed by atoms with van der Waals surface area (Å²) in [5, 5.41) is 14.0. The molecule has 0 amide bonds. The Hall–Kier alpha value is -1.96. The van der Waals surface area contributed by atoms with Crippen LogP contribution in [0.1, 0.15) is 6.42 Å². The zero-order chi connectivity index (χ0) is 13.8. The zero-order valence-electron chi connectivity index (χ0n) is 11.2. The van der Waals surface area contributed by atoms with Gasteiger partial charge < -0.3 is 15.1 Å². The highest BCUT2D eigenvalue weighted by atomic mass is 16.6. The highest BCUT2D eigenvalue weighted by molar-refractivity contribution is 5.70. The van der Waals surface area contributed by atoms with E-state index in [1.807, 2.05) is 4.90 Å². The van der Waals surface area contributed by atoms with Gasteiger partial charge in [-0.25, -0.2) is 9.97 Å². The minimum Gasteiger partial charge on any atom is -0.367 e. The number of aromatic nitrogens is 2. The molecule has 8 nitrogen and oxygen atoms in total. The Bertz CT molecular complexity index is 466. The molecule has 19 heavy (non-hydrogen) atoms. The molecule has 8 heteroatoms. The van der Waals surface area contributed by atoms with Crippen LogP contribution >= 0.6 is 0 Å². The van der Waals surface area contributed by atoms with Gasteiger partial charge in [0.15, 0.2) is 0 Å². The molecule has 0 aliphatic carbocycles. The molecule has 2 heterocycles. The molecule has 0 aromatic carbocycles. The Morgan fingerprint density at radius 1 is 1.32 bits per heavy atom. The van der Waals surface area contributed by atoms with Gasteiger partial charge in [-0.2, -0.15) is 0 Å². The molecular formula is C11H18N6O2. The van der Waals surface area contributed by atoms with Crippen LogP contribution in [0.5, 0.6) is 0 Å². The SMILES string of the molecule is CNc1ncnc(N2CCCN(C)CC2)c1[N+](=O)[O-]. The largest absolute Gasteiger partial charge is 0.367 e. The fourth-order valence-corrected chi connectivity index (χ4v) is 2.21. The number of nitrogens with one attached hydrogen (secondary N) is 1. The minimum atomic E-state index is -0.421. The Morgan fingerprint density at radius 3 is 2.79 bits per heavy atom. The molecule has 0 bridgehead atoms. The number of nitrogens with zero attached hydrogens (tertiary/aromatic N) is 5. The van der Waals surface area contributed by atoms with Crippen LogP contribution in [0, 0.1) is 10.1 Å². The summed E-state index contributed by atoms with van der Waals surface area (Å²) >= 11 is 0. The molecular weight excluding hydrogens is 248 g/mol. The van der Waals surface area contributed by atoms with Crippen molar-refractivity contribution in [3.63, 3.8) is 0 Å². The van der Waals surface area contributed by atoms with Crippen molar-refractivity contribution >= 4 is 17.3 Å². The average Bonchev–Trinajstić information content (AvgIpc) is 2.62. The van der Waals surface area contributed by atoms with Gasteiger partial charge in [0, 0.05) is 26.7 Å². The van der Waals surface area contributed by atoms with E-state index in [4.69, 9.17) is 0 Å². The summed E-state index contributed by atoms with van der Waals surface area (Å²) in [6, 6.07) is 0. The normalized spacial score (nSPS) is 17.1. The van der Waals surface area contributed by atoms with Crippen LogP contribution in [0.15, 0.2) is 6.33 Å². The minimum absolute atomic E-state index is 0.0467. The van der Waals surface area contributed by atoms with Gasteiger partial charge in [-0.15, -0.1) is 0 Å². The lowest BCUT2D eigenvalue weighted by Crippen LogP contribution is -2.30. The zero-order valence-corrected chi connectivity index (χ0v) is 11.2. The van der Waals surface area contributed by atoms with Crippen molar-refractivity contribution in [1.29, 1.82) is 0 Å². The van der Waals surface area contributed by atoms with Gasteiger partial charge in [0.05, 0.1) is 4.92 Å². The molecule has 1 aliphatic rings. The third kappa shape index (κ3) is 2.90. The summed E-state index contributed by atoms with van der Waals surface area (Å²) in [4.78, 5) is 23.0. The predicted molar refractivity (Wildman–Crippen MR) is 72.6 cm³/mol. The van der Waals surface area contributed by atoms with E-state index in [2.05, 4.69) is 27.2 Å². The molecule has 0 saturated carbocycles. The van der Waals surface area contributed by atoms with Crippen LogP contribution in [-0.4, -0.2) is 60.1 Å². The summed E-state index contributed by atoms with van der Waals surface area (Å²) in [6.07, 6.45) is 2.33. The van der Waals surface area contributed by atoms with E-state index < -0.39 is 4.92 Å². The monoisotopic (exact) mass is 266 g/mol. The Balaban J connectivity index is 2.35. The molecule has 1 aromatic rings. The highest BCUT2D eigenvalue weighted by Crippen LogP contribution is 2.31. The van der Waals surface area contributed by atoms with Crippen molar-refractivity contribution < 1.29 is 4.92 Å². The van der Waals surface area contributed by atoms with E-state index in [9.17, 15) is 10.1 Å². The maximum atomic E-state index is 11.2. The molecule has 1 aliphatic heterocycles. The van der Waals surface area contributed by atoms with Crippen LogP contribution < -0.4 is 10.2 Å². The first kappa shape index (κ1) is 13.5. The van der Waals surface area contributed by atoms with Gasteiger partial charge in [-0.1, -0.05) is 0 Å². The summed E-state index contributed by atoms with van der Waals surface area (Å²) < 4.78 is 0. The number of hydrogen-bond acceptors (Lipinski definition) is 7. The number of hydrogen-bond donors (Lipinski definition) is 1. The van der Waals surface area contributed by atoms with E-state index in [1.165, 1.54) is 6.33 Å². The molecule has 2 rings (SSSR count). The summed E-state index contributed by atoms with van der Waals surface area (Å²) in [7, 11) is 3.67. The van der Waals surface area contributed by atoms with Gasteiger partial charge in [-0.05, 0) is 20.0 Å². The van der Waals surface area contributed by atoms with Gasteiger partial charge in [0.2, 0.25) is 11.6 Å². The predicted octanol–water partition coefficient (Wildman–Crippen LogP) is 0.568. The Labute approximate surface area is 111 Å². The van der Waals surface area contributed by atoms with Gasteiger partial charge in [0.25, 0.3) is 0 Å². The van der Waals surface area contributed by atoms with Crippen LogP contribution in [0.4, 0.5) is 17.3 Å². The lowest BCUT2D eigenvalue weighted by Gasteiger charge is -2.21. The smallest absolute Gasteiger partial charge is 0.353 e. The Kier molecular flexibility index (Phi) is 4.10. The van der Waals surface area contributed by atoms with Crippen LogP contribution in [-0.2, 0) is 0 Å². The molecule has 0 radical (unpaired) electrons. The van der Waals surface area contributed by atoms with E-state index in [-0.39, 0.29) is 11.5 Å². The number of anilines is 2. The first-order valence-corrected chi connectivity index (χ1v) is 6.24. The van der Waals surface area contributed by atoms with Crippen molar-refractivity contribution in [2.24, 2.45) is 0 Å². The Morgan fingerprint density at radius 2 is 2.11 bits per heavy atom. The first-order chi connectivity index (χ1) is 9.13. The van der Waals surface area contributed by atoms with Gasteiger partial charge >= 0.3 is 5.69 Å². The molecule has 1 fully saturated rings. The van der Waals surface area contributed by atoms with Crippen molar-refractivity contribution in [1.82, 2.24) is 14.9 Å². The van der Waals surface area contributed by atoms with Gasteiger partial charge in [-0.3, -0.25) is 10.1 Å². The van der Waals surface area contributed by atoms with Crippen molar-refractivity contribution in [3.8, 4) is 0 Å². The molecule has 0 unspecified atom stereocenters. The van der Waals surface area contributed by atoms with Gasteiger partial charge in [0.1, 0.15) is 6.33 Å². The quantitative estimate of drug-likeness (QED) is 0.632. The maximum absolute atomic E-state index is 11.2. The second kappa shape index (κ2) is 5.79.